The standard InChI is InChI=1S/C32H36N6O3/c1-37(2)22-24-10-13-25(14-11-24)31(39)33-26-7-5-6-23(20-26)12-15-27-21-30(36-35-27)34-32(40)28-8-3-4-9-29(28)38-16-18-41-19-17-38/h3-11,13-14,20-21H,12,15-19,22H2,1-2H3,(H,33,39)(H2,34,35,36,40). The first-order valence-electron chi connectivity index (χ1n) is 13.9. The highest BCUT2D eigenvalue weighted by Crippen LogP contribution is 2.23. The van der Waals surface area contributed by atoms with Gasteiger partial charge in [0.25, 0.3) is 11.8 Å². The molecule has 4 aromatic rings. The van der Waals surface area contributed by atoms with Crippen molar-refractivity contribution >= 4 is 29.0 Å². The van der Waals surface area contributed by atoms with Gasteiger partial charge in [0.1, 0.15) is 0 Å². The topological polar surface area (TPSA) is 103 Å². The van der Waals surface area contributed by atoms with Crippen LogP contribution in [0.3, 0.4) is 0 Å². The Morgan fingerprint density at radius 2 is 1.66 bits per heavy atom. The number of ether oxygens (including phenoxy) is 1. The van der Waals surface area contributed by atoms with Crippen LogP contribution < -0.4 is 15.5 Å². The second-order valence-corrected chi connectivity index (χ2v) is 10.4. The zero-order chi connectivity index (χ0) is 28.6. The van der Waals surface area contributed by atoms with E-state index < -0.39 is 0 Å². The molecule has 9 nitrogen and oxygen atoms in total. The minimum Gasteiger partial charge on any atom is -0.378 e. The van der Waals surface area contributed by atoms with Crippen LogP contribution in [0.1, 0.15) is 37.5 Å². The summed E-state index contributed by atoms with van der Waals surface area (Å²) in [5, 5.41) is 13.3. The van der Waals surface area contributed by atoms with Gasteiger partial charge in [0.2, 0.25) is 0 Å². The molecule has 0 bridgehead atoms. The number of carbonyl (C=O) groups excluding carboxylic acids is 2. The smallest absolute Gasteiger partial charge is 0.258 e. The normalized spacial score (nSPS) is 13.3. The number of nitrogens with zero attached hydrogens (tertiary/aromatic N) is 3. The summed E-state index contributed by atoms with van der Waals surface area (Å²) in [6, 6.07) is 25.0. The Balaban J connectivity index is 1.15. The maximum absolute atomic E-state index is 13.1. The van der Waals surface area contributed by atoms with Crippen molar-refractivity contribution in [3.63, 3.8) is 0 Å². The van der Waals surface area contributed by atoms with Gasteiger partial charge in [0.05, 0.1) is 18.8 Å². The summed E-state index contributed by atoms with van der Waals surface area (Å²) in [5.74, 6) is 0.156. The van der Waals surface area contributed by atoms with Gasteiger partial charge in [-0.1, -0.05) is 36.4 Å². The summed E-state index contributed by atoms with van der Waals surface area (Å²) in [6.07, 6.45) is 1.45. The third-order valence-corrected chi connectivity index (χ3v) is 6.96. The molecule has 1 aliphatic rings. The van der Waals surface area contributed by atoms with Crippen LogP contribution in [0, 0.1) is 0 Å². The number of hydrogen-bond acceptors (Lipinski definition) is 6. The maximum atomic E-state index is 13.1. The van der Waals surface area contributed by atoms with Gasteiger partial charge in [-0.3, -0.25) is 14.7 Å². The number of para-hydroxylation sites is 1. The number of carbonyl (C=O) groups is 2. The Hall–Kier alpha value is -4.47. The number of anilines is 3. The van der Waals surface area contributed by atoms with Crippen molar-refractivity contribution in [2.45, 2.75) is 19.4 Å². The first-order valence-corrected chi connectivity index (χ1v) is 13.9. The molecule has 0 spiro atoms. The van der Waals surface area contributed by atoms with Crippen LogP contribution in [0.2, 0.25) is 0 Å². The highest BCUT2D eigenvalue weighted by atomic mass is 16.5. The van der Waals surface area contributed by atoms with Crippen molar-refractivity contribution in [2.24, 2.45) is 0 Å². The molecule has 2 heterocycles. The third-order valence-electron chi connectivity index (χ3n) is 6.96. The average Bonchev–Trinajstić information content (AvgIpc) is 3.44. The van der Waals surface area contributed by atoms with Crippen molar-refractivity contribution < 1.29 is 14.3 Å². The summed E-state index contributed by atoms with van der Waals surface area (Å²) in [4.78, 5) is 30.1. The molecule has 0 aliphatic carbocycles. The lowest BCUT2D eigenvalue weighted by Gasteiger charge is -2.30. The minimum absolute atomic E-state index is 0.136. The fourth-order valence-corrected chi connectivity index (χ4v) is 4.90. The summed E-state index contributed by atoms with van der Waals surface area (Å²) in [7, 11) is 4.04. The Bertz CT molecular complexity index is 1470. The highest BCUT2D eigenvalue weighted by molar-refractivity contribution is 6.07. The maximum Gasteiger partial charge on any atom is 0.258 e. The Morgan fingerprint density at radius 1 is 0.878 bits per heavy atom. The Labute approximate surface area is 240 Å². The number of benzene rings is 3. The van der Waals surface area contributed by atoms with Crippen molar-refractivity contribution in [3.8, 4) is 0 Å². The van der Waals surface area contributed by atoms with Gasteiger partial charge in [0, 0.05) is 48.3 Å². The van der Waals surface area contributed by atoms with Crippen molar-refractivity contribution in [1.29, 1.82) is 0 Å². The zero-order valence-corrected chi connectivity index (χ0v) is 23.5. The van der Waals surface area contributed by atoms with Crippen LogP contribution in [0.15, 0.2) is 78.9 Å². The van der Waals surface area contributed by atoms with Gasteiger partial charge >= 0.3 is 0 Å². The van der Waals surface area contributed by atoms with E-state index in [1.807, 2.05) is 93.0 Å². The molecule has 5 rings (SSSR count). The molecular formula is C32H36N6O3. The van der Waals surface area contributed by atoms with E-state index >= 15 is 0 Å². The first-order chi connectivity index (χ1) is 19.9. The van der Waals surface area contributed by atoms with Crippen LogP contribution in [-0.2, 0) is 24.1 Å². The summed E-state index contributed by atoms with van der Waals surface area (Å²) < 4.78 is 5.45. The molecule has 0 atom stereocenters. The summed E-state index contributed by atoms with van der Waals surface area (Å²) in [6.45, 7) is 3.65. The minimum atomic E-state index is -0.194. The van der Waals surface area contributed by atoms with Gasteiger partial charge in [-0.05, 0) is 74.5 Å². The number of hydrogen-bond donors (Lipinski definition) is 3. The van der Waals surface area contributed by atoms with Crippen LogP contribution in [0.4, 0.5) is 17.2 Å². The van der Waals surface area contributed by atoms with E-state index in [4.69, 9.17) is 4.74 Å². The van der Waals surface area contributed by atoms with E-state index in [0.717, 1.165) is 54.3 Å². The highest BCUT2D eigenvalue weighted by Gasteiger charge is 2.19. The van der Waals surface area contributed by atoms with Crippen LogP contribution in [0.5, 0.6) is 0 Å². The number of aryl methyl sites for hydroxylation is 2. The zero-order valence-electron chi connectivity index (χ0n) is 23.5. The number of rotatable bonds is 10. The van der Waals surface area contributed by atoms with Crippen LogP contribution in [-0.4, -0.2) is 67.3 Å². The van der Waals surface area contributed by atoms with Gasteiger partial charge in [-0.15, -0.1) is 0 Å². The lowest BCUT2D eigenvalue weighted by Crippen LogP contribution is -2.37. The van der Waals surface area contributed by atoms with Crippen molar-refractivity contribution in [1.82, 2.24) is 15.1 Å². The van der Waals surface area contributed by atoms with E-state index in [0.29, 0.717) is 36.6 Å². The van der Waals surface area contributed by atoms with E-state index in [-0.39, 0.29) is 11.8 Å². The SMILES string of the molecule is CN(C)Cc1ccc(C(=O)Nc2cccc(CCc3cc(NC(=O)c4ccccc4N4CCOCC4)n[nH]3)c2)cc1. The van der Waals surface area contributed by atoms with Crippen LogP contribution >= 0.6 is 0 Å². The molecule has 212 valence electrons. The molecule has 1 saturated heterocycles. The molecule has 0 unspecified atom stereocenters. The summed E-state index contributed by atoms with van der Waals surface area (Å²) in [5.41, 5.74) is 6.05. The van der Waals surface area contributed by atoms with Gasteiger partial charge in [0.15, 0.2) is 5.82 Å². The molecule has 1 aromatic heterocycles. The molecule has 3 N–H and O–H groups in total. The number of nitrogens with one attached hydrogen (secondary N) is 3. The fraction of sp³-hybridized carbons (Fsp3) is 0.281. The molecule has 1 aliphatic heterocycles. The molecule has 41 heavy (non-hydrogen) atoms. The molecule has 2 amide bonds. The predicted octanol–water partition coefficient (Wildman–Crippen LogP) is 4.60. The van der Waals surface area contributed by atoms with E-state index in [1.54, 1.807) is 0 Å². The summed E-state index contributed by atoms with van der Waals surface area (Å²) >= 11 is 0. The quantitative estimate of drug-likeness (QED) is 0.266. The second-order valence-electron chi connectivity index (χ2n) is 10.4. The third kappa shape index (κ3) is 7.59. The lowest BCUT2D eigenvalue weighted by atomic mass is 10.1. The number of amides is 2. The van der Waals surface area contributed by atoms with Gasteiger partial charge in [-0.2, -0.15) is 5.10 Å². The molecule has 1 fully saturated rings. The van der Waals surface area contributed by atoms with Crippen molar-refractivity contribution in [3.05, 3.63) is 107 Å². The monoisotopic (exact) mass is 552 g/mol. The van der Waals surface area contributed by atoms with E-state index in [2.05, 4.69) is 30.6 Å². The molecule has 0 radical (unpaired) electrons. The predicted molar refractivity (Wildman–Crippen MR) is 162 cm³/mol. The lowest BCUT2D eigenvalue weighted by molar-refractivity contribution is 0.101. The molecular weight excluding hydrogens is 516 g/mol. The average molecular weight is 553 g/mol. The van der Waals surface area contributed by atoms with Crippen LogP contribution in [0.25, 0.3) is 0 Å². The number of aromatic amines is 1. The number of H-pyrrole nitrogens is 1. The Kier molecular flexibility index (Phi) is 9.08. The number of morpholine rings is 1. The van der Waals surface area contributed by atoms with E-state index in [1.165, 1.54) is 0 Å². The molecule has 3 aromatic carbocycles. The first kappa shape index (κ1) is 28.1. The van der Waals surface area contributed by atoms with Gasteiger partial charge in [-0.25, -0.2) is 0 Å². The van der Waals surface area contributed by atoms with Crippen molar-refractivity contribution in [2.75, 3.05) is 55.9 Å². The fourth-order valence-electron chi connectivity index (χ4n) is 4.90. The second kappa shape index (κ2) is 13.3. The van der Waals surface area contributed by atoms with Gasteiger partial charge < -0.3 is 25.2 Å². The Morgan fingerprint density at radius 3 is 2.44 bits per heavy atom. The largest absolute Gasteiger partial charge is 0.378 e. The molecule has 0 saturated carbocycles. The van der Waals surface area contributed by atoms with E-state index in [9.17, 15) is 9.59 Å². The molecule has 9 heteroatoms. The number of aromatic nitrogens is 2.